The van der Waals surface area contributed by atoms with E-state index in [1.807, 2.05) is 110 Å². The Hall–Kier alpha value is -4.68. The maximum atomic E-state index is 14.1. The highest BCUT2D eigenvalue weighted by atomic mass is 35.5. The van der Waals surface area contributed by atoms with Crippen molar-refractivity contribution in [3.8, 4) is 11.5 Å². The highest BCUT2D eigenvalue weighted by molar-refractivity contribution is 6.30. The van der Waals surface area contributed by atoms with E-state index in [9.17, 15) is 9.59 Å². The van der Waals surface area contributed by atoms with Crippen LogP contribution in [0.5, 0.6) is 11.5 Å². The molecule has 1 unspecified atom stereocenters. The van der Waals surface area contributed by atoms with Crippen molar-refractivity contribution in [2.45, 2.75) is 44.6 Å². The molecule has 0 bridgehead atoms. The summed E-state index contributed by atoms with van der Waals surface area (Å²) in [5, 5.41) is 0.649. The van der Waals surface area contributed by atoms with Gasteiger partial charge in [-0.3, -0.25) is 14.6 Å². The van der Waals surface area contributed by atoms with E-state index < -0.39 is 17.8 Å². The smallest absolute Gasteiger partial charge is 0.315 e. The monoisotopic (exact) mass is 633 g/mol. The number of carbonyl (C=O) groups is 2. The van der Waals surface area contributed by atoms with Crippen molar-refractivity contribution < 1.29 is 23.8 Å². The van der Waals surface area contributed by atoms with Gasteiger partial charge in [-0.1, -0.05) is 90.5 Å². The number of esters is 1. The first-order valence-electron chi connectivity index (χ1n) is 15.5. The molecular formula is C39H36ClNO5. The van der Waals surface area contributed by atoms with Gasteiger partial charge in [0.1, 0.15) is 12.5 Å². The fourth-order valence-corrected chi connectivity index (χ4v) is 6.56. The lowest BCUT2D eigenvalue weighted by Gasteiger charge is -2.36. The zero-order valence-corrected chi connectivity index (χ0v) is 26.7. The summed E-state index contributed by atoms with van der Waals surface area (Å²) >= 11 is 6.14. The topological polar surface area (TPSA) is 74.2 Å². The van der Waals surface area contributed by atoms with Crippen molar-refractivity contribution in [2.75, 3.05) is 13.7 Å². The van der Waals surface area contributed by atoms with E-state index in [1.54, 1.807) is 7.11 Å². The number of carbonyl (C=O) groups excluding carboxylic acids is 2. The summed E-state index contributed by atoms with van der Waals surface area (Å²) < 4.78 is 17.8. The zero-order chi connectivity index (χ0) is 32.0. The first kappa shape index (κ1) is 31.3. The number of ether oxygens (including phenoxy) is 3. The van der Waals surface area contributed by atoms with Crippen LogP contribution in [0.15, 0.2) is 119 Å². The molecule has 234 valence electrons. The van der Waals surface area contributed by atoms with Gasteiger partial charge in [0.15, 0.2) is 17.3 Å². The lowest BCUT2D eigenvalue weighted by atomic mass is 9.69. The predicted octanol–water partition coefficient (Wildman–Crippen LogP) is 8.29. The van der Waals surface area contributed by atoms with Gasteiger partial charge < -0.3 is 14.2 Å². The quantitative estimate of drug-likeness (QED) is 0.164. The van der Waals surface area contributed by atoms with Crippen LogP contribution < -0.4 is 9.47 Å². The number of ketones is 1. The van der Waals surface area contributed by atoms with Crippen LogP contribution >= 0.6 is 11.6 Å². The Morgan fingerprint density at radius 3 is 2.22 bits per heavy atom. The molecule has 4 aromatic rings. The third-order valence-electron chi connectivity index (χ3n) is 8.75. The molecule has 0 fully saturated rings. The highest BCUT2D eigenvalue weighted by Gasteiger charge is 2.45. The van der Waals surface area contributed by atoms with E-state index >= 15 is 0 Å². The molecule has 1 heterocycles. The van der Waals surface area contributed by atoms with Crippen molar-refractivity contribution in [3.63, 3.8) is 0 Å². The molecule has 6 nitrogen and oxygen atoms in total. The molecule has 3 atom stereocenters. The van der Waals surface area contributed by atoms with E-state index in [0.29, 0.717) is 53.7 Å². The third kappa shape index (κ3) is 6.92. The van der Waals surface area contributed by atoms with Gasteiger partial charge in [0.25, 0.3) is 0 Å². The van der Waals surface area contributed by atoms with Crippen LogP contribution in [0.25, 0.3) is 0 Å². The van der Waals surface area contributed by atoms with Gasteiger partial charge in [0.05, 0.1) is 13.7 Å². The largest absolute Gasteiger partial charge is 0.493 e. The van der Waals surface area contributed by atoms with Crippen LogP contribution in [0.4, 0.5) is 0 Å². The van der Waals surface area contributed by atoms with Crippen LogP contribution in [-0.2, 0) is 27.4 Å². The van der Waals surface area contributed by atoms with E-state index in [-0.39, 0.29) is 18.3 Å². The van der Waals surface area contributed by atoms with E-state index in [4.69, 9.17) is 30.8 Å². The maximum absolute atomic E-state index is 14.1. The highest BCUT2D eigenvalue weighted by Crippen LogP contribution is 2.48. The Morgan fingerprint density at radius 2 is 1.52 bits per heavy atom. The number of rotatable bonds is 10. The molecule has 4 aromatic carbocycles. The Kier molecular flexibility index (Phi) is 9.65. The lowest BCUT2D eigenvalue weighted by molar-refractivity contribution is -0.146. The summed E-state index contributed by atoms with van der Waals surface area (Å²) in [6.45, 7) is 2.46. The molecule has 0 saturated heterocycles. The second-order valence-corrected chi connectivity index (χ2v) is 12.2. The summed E-state index contributed by atoms with van der Waals surface area (Å²) in [7, 11) is 1.59. The number of hydrogen-bond donors (Lipinski definition) is 0. The molecule has 0 aromatic heterocycles. The molecule has 46 heavy (non-hydrogen) atoms. The average Bonchev–Trinajstić information content (AvgIpc) is 3.07. The minimum Gasteiger partial charge on any atom is -0.493 e. The van der Waals surface area contributed by atoms with Gasteiger partial charge in [-0.25, -0.2) is 0 Å². The van der Waals surface area contributed by atoms with Crippen molar-refractivity contribution >= 4 is 29.1 Å². The second-order valence-electron chi connectivity index (χ2n) is 11.7. The molecule has 1 aliphatic carbocycles. The second kappa shape index (κ2) is 14.2. The minimum atomic E-state index is -0.758. The maximum Gasteiger partial charge on any atom is 0.315 e. The van der Waals surface area contributed by atoms with Crippen molar-refractivity contribution in [2.24, 2.45) is 10.9 Å². The molecule has 0 spiro atoms. The normalized spacial score (nSPS) is 19.2. The summed E-state index contributed by atoms with van der Waals surface area (Å²) in [4.78, 5) is 32.8. The van der Waals surface area contributed by atoms with Gasteiger partial charge in [-0.2, -0.15) is 0 Å². The number of methoxy groups -OCH3 is 1. The molecule has 1 aliphatic heterocycles. The summed E-state index contributed by atoms with van der Waals surface area (Å²) in [6.07, 6.45) is 1.50. The van der Waals surface area contributed by atoms with Crippen LogP contribution in [0, 0.1) is 5.92 Å². The Balaban J connectivity index is 1.33. The Labute approximate surface area is 274 Å². The summed E-state index contributed by atoms with van der Waals surface area (Å²) in [5.74, 6) is -0.686. The fourth-order valence-electron chi connectivity index (χ4n) is 6.43. The van der Waals surface area contributed by atoms with Crippen LogP contribution in [0.3, 0.4) is 0 Å². The number of allylic oxidation sites excluding steroid dienone is 2. The number of halogens is 1. The van der Waals surface area contributed by atoms with Gasteiger partial charge in [-0.05, 0) is 65.8 Å². The van der Waals surface area contributed by atoms with Gasteiger partial charge in [-0.15, -0.1) is 0 Å². The molecule has 0 saturated carbocycles. The number of benzene rings is 4. The van der Waals surface area contributed by atoms with Crippen LogP contribution in [0.1, 0.15) is 53.9 Å². The molecule has 7 heteroatoms. The predicted molar refractivity (Wildman–Crippen MR) is 180 cm³/mol. The van der Waals surface area contributed by atoms with Crippen LogP contribution in [0.2, 0.25) is 5.02 Å². The zero-order valence-electron chi connectivity index (χ0n) is 25.9. The molecular weight excluding hydrogens is 598 g/mol. The molecule has 0 N–H and O–H groups in total. The first-order valence-corrected chi connectivity index (χ1v) is 15.9. The van der Waals surface area contributed by atoms with Gasteiger partial charge >= 0.3 is 5.97 Å². The van der Waals surface area contributed by atoms with Gasteiger partial charge in [0, 0.05) is 40.8 Å². The lowest BCUT2D eigenvalue weighted by Crippen LogP contribution is -2.38. The Morgan fingerprint density at radius 1 is 0.848 bits per heavy atom. The van der Waals surface area contributed by atoms with Gasteiger partial charge in [0.2, 0.25) is 0 Å². The number of hydrogen-bond acceptors (Lipinski definition) is 6. The molecule has 6 rings (SSSR count). The summed E-state index contributed by atoms with van der Waals surface area (Å²) in [6, 6.07) is 33.1. The van der Waals surface area contributed by atoms with Crippen LogP contribution in [-0.4, -0.2) is 31.2 Å². The summed E-state index contributed by atoms with van der Waals surface area (Å²) in [5.41, 5.74) is 5.84. The molecule has 0 radical (unpaired) electrons. The Bertz CT molecular complexity index is 1770. The van der Waals surface area contributed by atoms with E-state index in [0.717, 1.165) is 28.0 Å². The third-order valence-corrected chi connectivity index (χ3v) is 9.00. The number of nitrogens with zero attached hydrogens (tertiary/aromatic N) is 1. The minimum absolute atomic E-state index is 0.0205. The fraction of sp³-hybridized carbons (Fsp3) is 0.256. The first-order chi connectivity index (χ1) is 22.4. The van der Waals surface area contributed by atoms with E-state index in [1.165, 1.54) is 0 Å². The van der Waals surface area contributed by atoms with Crippen molar-refractivity contribution in [3.05, 3.63) is 142 Å². The SMILES string of the molecule is COc1cc([C@H]2C3=C(C[C@H](c4ccc(Cl)cc4)CC3=O)N=C(C)C2C(=O)OCCc2ccccc2)ccc1OCc1ccccc1. The average molecular weight is 634 g/mol. The van der Waals surface area contributed by atoms with Crippen molar-refractivity contribution in [1.29, 1.82) is 0 Å². The van der Waals surface area contributed by atoms with E-state index in [2.05, 4.69) is 0 Å². The number of Topliss-reactive ketones (excluding diaryl/α,β-unsaturated/α-hetero) is 1. The molecule has 0 amide bonds. The molecule has 2 aliphatic rings. The number of aliphatic imine (C=N–C) groups is 1. The standard InChI is InChI=1S/C39H36ClNO5/c1-25-36(39(43)45-20-19-26-9-5-3-6-10-26)37(29-15-18-34(35(23-29)44-2)46-24-27-11-7-4-8-12-27)38-32(41-25)21-30(22-33(38)42)28-13-16-31(40)17-14-28/h3-18,23,30,36-37H,19-22,24H2,1-2H3/t30-,36?,37+/m0/s1. The van der Waals surface area contributed by atoms with Crippen molar-refractivity contribution in [1.82, 2.24) is 0 Å².